The summed E-state index contributed by atoms with van der Waals surface area (Å²) in [6, 6.07) is 14.8. The third-order valence-electron chi connectivity index (χ3n) is 16.8. The summed E-state index contributed by atoms with van der Waals surface area (Å²) in [5, 5.41) is 18.0. The van der Waals surface area contributed by atoms with Crippen LogP contribution in [-0.4, -0.2) is 121 Å². The number of alkyl halides is 1. The largest absolute Gasteiger partial charge is 0.493 e. The van der Waals surface area contributed by atoms with Crippen molar-refractivity contribution < 1.29 is 51.7 Å². The van der Waals surface area contributed by atoms with Gasteiger partial charge >= 0.3 is 12.1 Å². The Morgan fingerprint density at radius 3 is 2.18 bits per heavy atom. The minimum Gasteiger partial charge on any atom is -0.493 e. The molecule has 5 aromatic rings. The summed E-state index contributed by atoms with van der Waals surface area (Å²) in [6.07, 6.45) is 7.15. The summed E-state index contributed by atoms with van der Waals surface area (Å²) in [6.45, 7) is 17.9. The van der Waals surface area contributed by atoms with Crippen molar-refractivity contribution >= 4 is 52.0 Å². The van der Waals surface area contributed by atoms with Crippen LogP contribution < -0.4 is 15.4 Å². The molecule has 3 aliphatic rings. The third kappa shape index (κ3) is 14.8. The van der Waals surface area contributed by atoms with Crippen LogP contribution >= 0.6 is 11.3 Å². The Morgan fingerprint density at radius 1 is 0.905 bits per heavy atom. The molecule has 6 atom stereocenters. The molecule has 2 fully saturated rings. The molecule has 5 heterocycles. The van der Waals surface area contributed by atoms with Crippen LogP contribution in [0.3, 0.4) is 0 Å². The lowest BCUT2D eigenvalue weighted by molar-refractivity contribution is -0.153. The van der Waals surface area contributed by atoms with Gasteiger partial charge in [0.05, 0.1) is 28.7 Å². The number of unbranched alkanes of at least 4 members (excludes halogenated alkanes) is 7. The van der Waals surface area contributed by atoms with E-state index in [4.69, 9.17) is 9.47 Å². The van der Waals surface area contributed by atoms with Gasteiger partial charge in [-0.15, -0.1) is 11.3 Å². The van der Waals surface area contributed by atoms with Gasteiger partial charge in [0.15, 0.2) is 0 Å². The predicted molar refractivity (Wildman–Crippen MR) is 320 cm³/mol. The minimum absolute atomic E-state index is 0.00856. The smallest absolute Gasteiger partial charge is 0.411 e. The quantitative estimate of drug-likeness (QED) is 0.0459. The number of likely N-dealkylation sites (tertiary alicyclic amines) is 2. The number of carbonyl (C=O) groups is 5. The van der Waals surface area contributed by atoms with E-state index in [0.29, 0.717) is 31.4 Å². The number of aryl methyl sites for hydroxylation is 1. The van der Waals surface area contributed by atoms with Gasteiger partial charge in [0, 0.05) is 78.9 Å². The van der Waals surface area contributed by atoms with E-state index in [1.54, 1.807) is 37.6 Å². The molecule has 0 aliphatic carbocycles. The maximum atomic E-state index is 16.2. The van der Waals surface area contributed by atoms with Crippen molar-refractivity contribution in [1.29, 1.82) is 0 Å². The standard InChI is InChI=1S/C65H86F3N7O8S/c1-40-32-47-46-22-18-19-23-50(46)71-54(47)55(74(40)38-64(9,10)68)53-48(66)34-45(35-49(53)67)82-31-20-16-14-12-11-13-15-17-24-52(76)72-57(62(3,4)5)59(78)73-37-44(65(60(79)80)29-21-30-75(65)61(81)83-63(6,7)8)33-51(73)58(77)69-36-42-25-27-43(28-26-42)56-41(2)70-39-84-56/h18-19,22-23,25-28,34-35,39-40,44,51,55,57,71H,11-17,20-21,24,29-33,36-38H2,1-10H3,(H,69,77)(H,72,76)(H,79,80)/t40-,44-,51+,55-,57?,65?/m1/s1. The number of H-pyrrole nitrogens is 1. The van der Waals surface area contributed by atoms with Gasteiger partial charge in [-0.05, 0) is 115 Å². The number of nitrogens with zero attached hydrogens (tertiary/aromatic N) is 4. The number of amides is 4. The number of halogens is 3. The summed E-state index contributed by atoms with van der Waals surface area (Å²) in [5.74, 6) is -4.74. The van der Waals surface area contributed by atoms with E-state index in [-0.39, 0.29) is 75.3 Å². The molecule has 3 aromatic carbocycles. The minimum atomic E-state index is -1.74. The Labute approximate surface area is 496 Å². The number of nitrogens with one attached hydrogen (secondary N) is 3. The van der Waals surface area contributed by atoms with Crippen molar-refractivity contribution in [1.82, 2.24) is 35.3 Å². The number of benzene rings is 3. The first-order valence-corrected chi connectivity index (χ1v) is 30.8. The molecule has 2 aromatic heterocycles. The van der Waals surface area contributed by atoms with Gasteiger partial charge in [0.25, 0.3) is 0 Å². The number of fused-ring (bicyclic) bond motifs is 3. The van der Waals surface area contributed by atoms with E-state index in [2.05, 4.69) is 20.6 Å². The van der Waals surface area contributed by atoms with Crippen molar-refractivity contribution in [2.75, 3.05) is 26.2 Å². The van der Waals surface area contributed by atoms with Gasteiger partial charge in [0.1, 0.15) is 46.3 Å². The number of thiazole rings is 1. The first-order valence-electron chi connectivity index (χ1n) is 29.9. The van der Waals surface area contributed by atoms with Gasteiger partial charge in [0.2, 0.25) is 17.7 Å². The highest BCUT2D eigenvalue weighted by molar-refractivity contribution is 7.13. The van der Waals surface area contributed by atoms with Crippen molar-refractivity contribution in [3.05, 3.63) is 106 Å². The lowest BCUT2D eigenvalue weighted by Gasteiger charge is -2.43. The number of carbonyl (C=O) groups excluding carboxylic acids is 4. The molecular formula is C65H86F3N7O8S. The molecule has 0 radical (unpaired) electrons. The van der Waals surface area contributed by atoms with Gasteiger partial charge in [-0.1, -0.05) is 102 Å². The van der Waals surface area contributed by atoms with E-state index in [0.717, 1.165) is 76.7 Å². The van der Waals surface area contributed by atoms with Crippen LogP contribution in [0.4, 0.5) is 18.0 Å². The van der Waals surface area contributed by atoms with Gasteiger partial charge in [-0.2, -0.15) is 0 Å². The normalized spacial score (nSPS) is 20.7. The molecule has 0 saturated carbocycles. The highest BCUT2D eigenvalue weighted by atomic mass is 32.1. The van der Waals surface area contributed by atoms with Crippen LogP contribution in [0.2, 0.25) is 0 Å². The topological polar surface area (TPSA) is 186 Å². The van der Waals surface area contributed by atoms with E-state index < -0.39 is 81.8 Å². The Hall–Kier alpha value is -6.47. The van der Waals surface area contributed by atoms with E-state index in [1.807, 2.05) is 88.0 Å². The number of carboxylic acid groups (broad SMARTS) is 1. The summed E-state index contributed by atoms with van der Waals surface area (Å²) in [5.41, 5.74) is 1.88. The number of rotatable bonds is 23. The van der Waals surface area contributed by atoms with Gasteiger partial charge < -0.3 is 35.1 Å². The Kier molecular flexibility index (Phi) is 20.0. The first kappa shape index (κ1) is 63.5. The molecular weight excluding hydrogens is 1100 g/mol. The molecule has 84 heavy (non-hydrogen) atoms. The Bertz CT molecular complexity index is 3120. The fraction of sp³-hybridized carbons (Fsp3) is 0.569. The molecule has 456 valence electrons. The lowest BCUT2D eigenvalue weighted by atomic mass is 9.80. The Morgan fingerprint density at radius 2 is 1.56 bits per heavy atom. The molecule has 4 amide bonds. The molecule has 15 nitrogen and oxygen atoms in total. The van der Waals surface area contributed by atoms with Crippen LogP contribution in [0.25, 0.3) is 21.3 Å². The highest BCUT2D eigenvalue weighted by Gasteiger charge is 2.61. The SMILES string of the molecule is Cc1ncsc1-c1ccc(CNC(=O)[C@@H]2C[C@@H](C3(C(=O)O)CCCN3C(=O)OC(C)(C)C)CN2C(=O)C(NC(=O)CCCCCCCCCCOc2cc(F)c([C@@H]3c4[nH]c5ccccc5c4C[C@@H](C)N3CC(C)(C)F)c(F)c2)C(C)(C)C)cc1. The zero-order chi connectivity index (χ0) is 60.9. The van der Waals surface area contributed by atoms with Crippen LogP contribution in [0.1, 0.15) is 173 Å². The fourth-order valence-electron chi connectivity index (χ4n) is 12.7. The number of aromatic nitrogens is 2. The third-order valence-corrected chi connectivity index (χ3v) is 17.8. The highest BCUT2D eigenvalue weighted by Crippen LogP contribution is 2.46. The second kappa shape index (κ2) is 26.4. The average molecular weight is 1180 g/mol. The van der Waals surface area contributed by atoms with E-state index in [9.17, 15) is 29.1 Å². The molecule has 3 aliphatic heterocycles. The molecule has 0 spiro atoms. The van der Waals surface area contributed by atoms with Crippen molar-refractivity contribution in [3.8, 4) is 16.2 Å². The molecule has 4 N–H and O–H groups in total. The second-order valence-corrected chi connectivity index (χ2v) is 26.9. The predicted octanol–water partition coefficient (Wildman–Crippen LogP) is 12.8. The van der Waals surface area contributed by atoms with Crippen LogP contribution in [-0.2, 0) is 36.9 Å². The molecule has 2 saturated heterocycles. The molecule has 2 unspecified atom stereocenters. The summed E-state index contributed by atoms with van der Waals surface area (Å²) >= 11 is 1.54. The van der Waals surface area contributed by atoms with Crippen LogP contribution in [0.15, 0.2) is 66.2 Å². The Balaban J connectivity index is 0.821. The lowest BCUT2D eigenvalue weighted by Crippen LogP contribution is -2.60. The first-order chi connectivity index (χ1) is 39.7. The van der Waals surface area contributed by atoms with Crippen LogP contribution in [0.5, 0.6) is 5.75 Å². The van der Waals surface area contributed by atoms with E-state index >= 15 is 13.2 Å². The van der Waals surface area contributed by atoms with Gasteiger partial charge in [-0.25, -0.2) is 27.7 Å². The van der Waals surface area contributed by atoms with E-state index in [1.165, 1.54) is 35.8 Å². The molecule has 19 heteroatoms. The average Bonchev–Trinajstić information content (AvgIpc) is 1.67. The number of ether oxygens (including phenoxy) is 2. The number of aromatic amines is 1. The van der Waals surface area contributed by atoms with Gasteiger partial charge in [-0.3, -0.25) is 24.2 Å². The van der Waals surface area contributed by atoms with Crippen molar-refractivity contribution in [3.63, 3.8) is 0 Å². The maximum absolute atomic E-state index is 16.2. The fourth-order valence-corrected chi connectivity index (χ4v) is 13.5. The zero-order valence-corrected chi connectivity index (χ0v) is 51.4. The summed E-state index contributed by atoms with van der Waals surface area (Å²) < 4.78 is 59.2. The molecule has 0 bridgehead atoms. The number of aliphatic carboxylic acids is 1. The summed E-state index contributed by atoms with van der Waals surface area (Å²) in [4.78, 5) is 83.6. The van der Waals surface area contributed by atoms with Crippen molar-refractivity contribution in [2.24, 2.45) is 11.3 Å². The number of hydrogen-bond acceptors (Lipinski definition) is 10. The number of hydrogen-bond donors (Lipinski definition) is 4. The number of carboxylic acids is 1. The van der Waals surface area contributed by atoms with Crippen molar-refractivity contribution in [2.45, 2.75) is 200 Å². The second-order valence-electron chi connectivity index (χ2n) is 26.1. The monoisotopic (exact) mass is 1180 g/mol. The van der Waals surface area contributed by atoms with Crippen LogP contribution in [0, 0.1) is 29.9 Å². The number of para-hydroxylation sites is 1. The zero-order valence-electron chi connectivity index (χ0n) is 50.6. The maximum Gasteiger partial charge on any atom is 0.411 e. The molecule has 8 rings (SSSR count). The summed E-state index contributed by atoms with van der Waals surface area (Å²) in [7, 11) is 0.